The number of aryl methyl sites for hydroxylation is 1. The average molecular weight is 453 g/mol. The molecule has 1 aliphatic rings. The van der Waals surface area contributed by atoms with E-state index in [4.69, 9.17) is 4.74 Å². The zero-order valence-electron chi connectivity index (χ0n) is 17.0. The molecule has 1 amide bonds. The van der Waals surface area contributed by atoms with E-state index in [0.29, 0.717) is 17.7 Å². The molecule has 1 heterocycles. The van der Waals surface area contributed by atoms with Gasteiger partial charge in [-0.1, -0.05) is 19.1 Å². The maximum Gasteiger partial charge on any atom is 0.244 e. The van der Waals surface area contributed by atoms with Crippen molar-refractivity contribution in [3.05, 3.63) is 53.6 Å². The highest BCUT2D eigenvalue weighted by Crippen LogP contribution is 2.30. The molecule has 1 fully saturated rings. The van der Waals surface area contributed by atoms with E-state index in [-0.39, 0.29) is 22.9 Å². The van der Waals surface area contributed by atoms with Gasteiger partial charge in [-0.05, 0) is 54.8 Å². The lowest BCUT2D eigenvalue weighted by Gasteiger charge is -2.17. The molecule has 1 atom stereocenters. The van der Waals surface area contributed by atoms with E-state index in [1.807, 2.05) is 24.3 Å². The van der Waals surface area contributed by atoms with Crippen molar-refractivity contribution < 1.29 is 26.4 Å². The molecule has 0 spiro atoms. The topological polar surface area (TPSA) is 110 Å². The van der Waals surface area contributed by atoms with Gasteiger partial charge in [0.25, 0.3) is 0 Å². The van der Waals surface area contributed by atoms with Crippen molar-refractivity contribution in [2.24, 2.45) is 5.92 Å². The summed E-state index contributed by atoms with van der Waals surface area (Å²) in [7, 11) is -5.98. The number of anilines is 1. The van der Waals surface area contributed by atoms with Crippen molar-refractivity contribution in [3.8, 4) is 5.75 Å². The van der Waals surface area contributed by atoms with Gasteiger partial charge >= 0.3 is 0 Å². The van der Waals surface area contributed by atoms with Crippen molar-refractivity contribution in [3.63, 3.8) is 0 Å². The largest absolute Gasteiger partial charge is 0.497 e. The molecular formula is C20H24N2O6S2. The van der Waals surface area contributed by atoms with Gasteiger partial charge in [0, 0.05) is 6.54 Å². The van der Waals surface area contributed by atoms with Crippen LogP contribution in [0.2, 0.25) is 0 Å². The minimum atomic E-state index is -3.80. The van der Waals surface area contributed by atoms with Crippen LogP contribution in [0.15, 0.2) is 47.4 Å². The molecule has 0 bridgehead atoms. The highest BCUT2D eigenvalue weighted by Gasteiger charge is 2.42. The molecule has 1 N–H and O–H groups in total. The summed E-state index contributed by atoms with van der Waals surface area (Å²) < 4.78 is 58.4. The number of rotatable bonds is 7. The monoisotopic (exact) mass is 452 g/mol. The van der Waals surface area contributed by atoms with Gasteiger partial charge in [-0.25, -0.2) is 25.9 Å². The Bertz CT molecular complexity index is 1180. The number of nitrogens with zero attached hydrogens (tertiary/aromatic N) is 1. The van der Waals surface area contributed by atoms with Crippen molar-refractivity contribution in [2.45, 2.75) is 25.2 Å². The van der Waals surface area contributed by atoms with Crippen LogP contribution in [0, 0.1) is 12.8 Å². The van der Waals surface area contributed by atoms with Crippen LogP contribution in [0.1, 0.15) is 18.1 Å². The number of amides is 1. The number of hydrogen-bond acceptors (Lipinski definition) is 6. The molecule has 1 unspecified atom stereocenters. The first kappa shape index (κ1) is 22.3. The van der Waals surface area contributed by atoms with Crippen LogP contribution in [0.5, 0.6) is 5.75 Å². The van der Waals surface area contributed by atoms with Gasteiger partial charge in [0.1, 0.15) is 5.75 Å². The maximum atomic E-state index is 12.7. The molecule has 3 rings (SSSR count). The summed E-state index contributed by atoms with van der Waals surface area (Å²) in [6, 6.07) is 11.4. The Labute approximate surface area is 177 Å². The summed E-state index contributed by atoms with van der Waals surface area (Å²) in [5.41, 5.74) is 1.43. The molecule has 2 aromatic rings. The van der Waals surface area contributed by atoms with E-state index in [1.54, 1.807) is 21.0 Å². The summed E-state index contributed by atoms with van der Waals surface area (Å²) in [5, 5.41) is 0. The Morgan fingerprint density at radius 1 is 1.20 bits per heavy atom. The van der Waals surface area contributed by atoms with Gasteiger partial charge in [-0.2, -0.15) is 0 Å². The minimum Gasteiger partial charge on any atom is -0.497 e. The number of methoxy groups -OCH3 is 1. The summed E-state index contributed by atoms with van der Waals surface area (Å²) in [6.07, 6.45) is 0.478. The van der Waals surface area contributed by atoms with Crippen LogP contribution in [0.4, 0.5) is 5.69 Å². The molecule has 162 valence electrons. The fourth-order valence-corrected chi connectivity index (χ4v) is 6.45. The molecule has 1 saturated heterocycles. The second-order valence-electron chi connectivity index (χ2n) is 7.23. The van der Waals surface area contributed by atoms with E-state index >= 15 is 0 Å². The molecule has 0 radical (unpaired) electrons. The van der Waals surface area contributed by atoms with E-state index in [9.17, 15) is 21.6 Å². The van der Waals surface area contributed by atoms with Gasteiger partial charge in [0.15, 0.2) is 0 Å². The molecule has 10 heteroatoms. The smallest absolute Gasteiger partial charge is 0.244 e. The van der Waals surface area contributed by atoms with Crippen molar-refractivity contribution in [1.82, 2.24) is 4.72 Å². The predicted molar refractivity (Wildman–Crippen MR) is 114 cm³/mol. The number of ether oxygens (including phenoxy) is 1. The standard InChI is InChI=1S/C20H24N2O6S2/c1-14-11-17(22-20(23)15(2)13-29(22,24)25)7-8-19(14)30(26,27)21-10-9-16-5-4-6-18(12-16)28-3/h4-8,11-12,15,21H,9-10,13H2,1-3H3. The predicted octanol–water partition coefficient (Wildman–Crippen LogP) is 1.84. The van der Waals surface area contributed by atoms with Crippen LogP contribution in [-0.2, 0) is 31.3 Å². The second-order valence-corrected chi connectivity index (χ2v) is 10.8. The summed E-state index contributed by atoms with van der Waals surface area (Å²) in [5.74, 6) is -0.697. The lowest BCUT2D eigenvalue weighted by Crippen LogP contribution is -2.30. The molecule has 30 heavy (non-hydrogen) atoms. The molecule has 8 nitrogen and oxygen atoms in total. The maximum absolute atomic E-state index is 12.7. The van der Waals surface area contributed by atoms with Crippen LogP contribution < -0.4 is 13.8 Å². The van der Waals surface area contributed by atoms with Crippen LogP contribution >= 0.6 is 0 Å². The summed E-state index contributed by atoms with van der Waals surface area (Å²) in [6.45, 7) is 3.31. The van der Waals surface area contributed by atoms with Crippen LogP contribution in [-0.4, -0.2) is 42.2 Å². The highest BCUT2D eigenvalue weighted by atomic mass is 32.2. The van der Waals surface area contributed by atoms with Crippen molar-refractivity contribution in [2.75, 3.05) is 23.7 Å². The van der Waals surface area contributed by atoms with Gasteiger partial charge < -0.3 is 4.74 Å². The van der Waals surface area contributed by atoms with E-state index < -0.39 is 31.9 Å². The minimum absolute atomic E-state index is 0.0361. The van der Waals surface area contributed by atoms with E-state index in [2.05, 4.69) is 4.72 Å². The zero-order valence-corrected chi connectivity index (χ0v) is 18.6. The molecule has 0 saturated carbocycles. The normalized spacial score (nSPS) is 18.6. The summed E-state index contributed by atoms with van der Waals surface area (Å²) >= 11 is 0. The number of sulfonamides is 2. The third kappa shape index (κ3) is 4.50. The molecule has 0 aromatic heterocycles. The Hall–Kier alpha value is -2.43. The van der Waals surface area contributed by atoms with Gasteiger partial charge in [-0.15, -0.1) is 0 Å². The van der Waals surface area contributed by atoms with Gasteiger partial charge in [-0.3, -0.25) is 4.79 Å². The number of nitrogens with one attached hydrogen (secondary N) is 1. The Kier molecular flexibility index (Phi) is 6.21. The fraction of sp³-hybridized carbons (Fsp3) is 0.350. The first-order valence-corrected chi connectivity index (χ1v) is 12.4. The molecule has 1 aliphatic heterocycles. The van der Waals surface area contributed by atoms with Crippen molar-refractivity contribution in [1.29, 1.82) is 0 Å². The first-order chi connectivity index (χ1) is 14.0. The van der Waals surface area contributed by atoms with Crippen molar-refractivity contribution >= 4 is 31.6 Å². The third-order valence-electron chi connectivity index (χ3n) is 4.88. The molecule has 0 aliphatic carbocycles. The molecule has 2 aromatic carbocycles. The van der Waals surface area contributed by atoms with Gasteiger partial charge in [0.05, 0.1) is 29.4 Å². The molecular weight excluding hydrogens is 428 g/mol. The first-order valence-electron chi connectivity index (χ1n) is 9.35. The SMILES string of the molecule is COc1cccc(CCNS(=O)(=O)c2ccc(N3C(=O)C(C)CS3(=O)=O)cc2C)c1. The number of carbonyl (C=O) groups is 1. The van der Waals surface area contributed by atoms with E-state index in [0.717, 1.165) is 9.87 Å². The Morgan fingerprint density at radius 3 is 2.53 bits per heavy atom. The highest BCUT2D eigenvalue weighted by molar-refractivity contribution is 7.94. The fourth-order valence-electron chi connectivity index (χ4n) is 3.38. The third-order valence-corrected chi connectivity index (χ3v) is 8.37. The lowest BCUT2D eigenvalue weighted by atomic mass is 10.1. The Balaban J connectivity index is 1.76. The lowest BCUT2D eigenvalue weighted by molar-refractivity contribution is -0.119. The number of benzene rings is 2. The van der Waals surface area contributed by atoms with Gasteiger partial charge in [0.2, 0.25) is 26.0 Å². The number of carbonyl (C=O) groups excluding carboxylic acids is 1. The quantitative estimate of drug-likeness (QED) is 0.686. The number of hydrogen-bond donors (Lipinski definition) is 1. The summed E-state index contributed by atoms with van der Waals surface area (Å²) in [4.78, 5) is 12.3. The Morgan fingerprint density at radius 2 is 1.93 bits per heavy atom. The average Bonchev–Trinajstić information content (AvgIpc) is 2.88. The van der Waals surface area contributed by atoms with Crippen LogP contribution in [0.25, 0.3) is 0 Å². The second kappa shape index (κ2) is 8.37. The zero-order chi connectivity index (χ0) is 22.1. The van der Waals surface area contributed by atoms with Crippen LogP contribution in [0.3, 0.4) is 0 Å². The van der Waals surface area contributed by atoms with E-state index in [1.165, 1.54) is 18.2 Å².